The molecule has 1 heterocycles. The summed E-state index contributed by atoms with van der Waals surface area (Å²) in [4.78, 5) is 27.7. The maximum absolute atomic E-state index is 13.2. The molecule has 0 unspecified atom stereocenters. The van der Waals surface area contributed by atoms with Crippen molar-refractivity contribution in [1.82, 2.24) is 4.90 Å². The predicted octanol–water partition coefficient (Wildman–Crippen LogP) is 6.10. The van der Waals surface area contributed by atoms with Gasteiger partial charge in [-0.15, -0.1) is 0 Å². The van der Waals surface area contributed by atoms with Crippen molar-refractivity contribution >= 4 is 18.0 Å². The number of hydrogen-bond donors (Lipinski definition) is 0. The van der Waals surface area contributed by atoms with Crippen LogP contribution in [0.25, 0.3) is 6.08 Å². The number of ether oxygens (including phenoxy) is 1. The number of esters is 1. The van der Waals surface area contributed by atoms with E-state index in [1.165, 1.54) is 0 Å². The summed E-state index contributed by atoms with van der Waals surface area (Å²) < 4.78 is 5.69. The molecule has 1 saturated heterocycles. The van der Waals surface area contributed by atoms with Gasteiger partial charge in [-0.2, -0.15) is 12.1 Å². The molecule has 4 rings (SSSR count). The van der Waals surface area contributed by atoms with Gasteiger partial charge in [0.15, 0.2) is 6.23 Å². The average molecular weight is 485 g/mol. The van der Waals surface area contributed by atoms with E-state index in [-0.39, 0.29) is 28.9 Å². The zero-order chi connectivity index (χ0) is 23.2. The van der Waals surface area contributed by atoms with Gasteiger partial charge in [-0.25, -0.2) is 16.9 Å². The first-order valence-corrected chi connectivity index (χ1v) is 10.9. The van der Waals surface area contributed by atoms with Crippen molar-refractivity contribution in [3.63, 3.8) is 0 Å². The topological polar surface area (TPSA) is 46.6 Å². The predicted molar refractivity (Wildman–Crippen MR) is 128 cm³/mol. The summed E-state index contributed by atoms with van der Waals surface area (Å²) in [6.07, 6.45) is 3.61. The monoisotopic (exact) mass is 485 g/mol. The molecule has 5 heteroatoms. The Labute approximate surface area is 207 Å². The van der Waals surface area contributed by atoms with E-state index in [9.17, 15) is 9.59 Å². The molecule has 2 atom stereocenters. The smallest absolute Gasteiger partial charge is 0.333 e. The van der Waals surface area contributed by atoms with Gasteiger partial charge in [0, 0.05) is 22.5 Å². The first-order valence-electron chi connectivity index (χ1n) is 10.9. The number of nitrogens with zero attached hydrogens (tertiary/aromatic N) is 1. The van der Waals surface area contributed by atoms with E-state index in [2.05, 4.69) is 0 Å². The number of carbonyl (C=O) groups is 2. The van der Waals surface area contributed by atoms with Crippen LogP contribution in [0.15, 0.2) is 91.0 Å². The number of carbonyl (C=O) groups excluding carboxylic acids is 2. The van der Waals surface area contributed by atoms with Crippen molar-refractivity contribution in [2.24, 2.45) is 5.41 Å². The number of rotatable bonds is 4. The fourth-order valence-electron chi connectivity index (χ4n) is 3.59. The largest absolute Gasteiger partial charge is 0.748 e. The molecule has 33 heavy (non-hydrogen) atoms. The zero-order valence-corrected chi connectivity index (χ0v) is 20.7. The molecule has 1 aliphatic rings. The molecule has 0 aromatic heterocycles. The van der Waals surface area contributed by atoms with Gasteiger partial charge in [-0.05, 0) is 18.9 Å². The molecular weight excluding hydrogens is 454 g/mol. The van der Waals surface area contributed by atoms with Gasteiger partial charge in [0.1, 0.15) is 5.54 Å². The number of amides is 1. The van der Waals surface area contributed by atoms with Crippen LogP contribution in [0, 0.1) is 5.41 Å². The fraction of sp³-hybridized carbons (Fsp3) is 0.286. The zero-order valence-electron chi connectivity index (χ0n) is 19.5. The van der Waals surface area contributed by atoms with Crippen molar-refractivity contribution in [2.75, 3.05) is 0 Å². The Hall–Kier alpha value is -2.88. The van der Waals surface area contributed by atoms with Crippen molar-refractivity contribution in [2.45, 2.75) is 45.9 Å². The Balaban J connectivity index is 0.000000568. The summed E-state index contributed by atoms with van der Waals surface area (Å²) >= 11 is 0. The Bertz CT molecular complexity index is 1000. The van der Waals surface area contributed by atoms with Crippen LogP contribution in [0.5, 0.6) is 0 Å². The van der Waals surface area contributed by atoms with E-state index in [0.29, 0.717) is 6.42 Å². The number of cyclic esters (lactones) is 1. The van der Waals surface area contributed by atoms with Crippen LogP contribution in [0.1, 0.15) is 51.5 Å². The molecule has 0 saturated carbocycles. The summed E-state index contributed by atoms with van der Waals surface area (Å²) in [5.41, 5.74) is 0.200. The van der Waals surface area contributed by atoms with Crippen LogP contribution in [0.2, 0.25) is 0 Å². The molecule has 0 aliphatic carbocycles. The maximum Gasteiger partial charge on any atom is 0.333 e. The Morgan fingerprint density at radius 3 is 2.12 bits per heavy atom. The van der Waals surface area contributed by atoms with Crippen LogP contribution in [0.3, 0.4) is 0 Å². The van der Waals surface area contributed by atoms with E-state index in [1.54, 1.807) is 11.8 Å². The van der Waals surface area contributed by atoms with Gasteiger partial charge in [0.2, 0.25) is 5.91 Å². The minimum atomic E-state index is -1.04. The molecule has 180 valence electrons. The van der Waals surface area contributed by atoms with Crippen molar-refractivity contribution in [3.8, 4) is 0 Å². The second-order valence-corrected chi connectivity index (χ2v) is 9.15. The number of benzene rings is 1. The third-order valence-electron chi connectivity index (χ3n) is 5.44. The molecular formula is C28H31FeNO3-6. The second kappa shape index (κ2) is 11.3. The third-order valence-corrected chi connectivity index (χ3v) is 5.44. The first-order chi connectivity index (χ1) is 15.2. The normalized spacial score (nSPS) is 20.1. The third kappa shape index (κ3) is 6.34. The average Bonchev–Trinajstić information content (AvgIpc) is 3.52. The number of hydrogen-bond acceptors (Lipinski definition) is 3. The minimum Gasteiger partial charge on any atom is -0.748 e. The quantitative estimate of drug-likeness (QED) is 0.255. The summed E-state index contributed by atoms with van der Waals surface area (Å²) in [6.45, 7) is 7.37. The SMILES string of the molecule is CC(C)(C)C(=O)N1[C@H]([c-]2cccc2)OC(=O)[C@@]1(C)CC=Cc1ccccc1.[Fe].[cH-]1[cH-][cH-][cH-][cH-]1. The van der Waals surface area contributed by atoms with Crippen molar-refractivity contribution < 1.29 is 31.4 Å². The molecule has 1 aliphatic heterocycles. The summed E-state index contributed by atoms with van der Waals surface area (Å²) in [5.74, 6) is -0.473. The van der Waals surface area contributed by atoms with Crippen molar-refractivity contribution in [3.05, 3.63) is 102 Å². The van der Waals surface area contributed by atoms with E-state index in [1.807, 2.05) is 118 Å². The second-order valence-electron chi connectivity index (χ2n) is 9.15. The van der Waals surface area contributed by atoms with Gasteiger partial charge in [-0.1, -0.05) is 68.8 Å². The summed E-state index contributed by atoms with van der Waals surface area (Å²) in [7, 11) is 0. The minimum absolute atomic E-state index is 0. The van der Waals surface area contributed by atoms with Gasteiger partial charge in [-0.3, -0.25) is 9.69 Å². The van der Waals surface area contributed by atoms with Crippen molar-refractivity contribution in [1.29, 1.82) is 0 Å². The van der Waals surface area contributed by atoms with E-state index >= 15 is 0 Å². The first kappa shape index (κ1) is 26.4. The molecule has 0 radical (unpaired) electrons. The summed E-state index contributed by atoms with van der Waals surface area (Å²) in [5, 5.41) is 0. The Morgan fingerprint density at radius 1 is 1.06 bits per heavy atom. The van der Waals surface area contributed by atoms with Gasteiger partial charge in [0.25, 0.3) is 0 Å². The molecule has 4 nitrogen and oxygen atoms in total. The van der Waals surface area contributed by atoms with Crippen LogP contribution < -0.4 is 0 Å². The molecule has 0 N–H and O–H groups in total. The Kier molecular flexibility index (Phi) is 9.04. The van der Waals surface area contributed by atoms with E-state index < -0.39 is 17.2 Å². The van der Waals surface area contributed by atoms with E-state index in [4.69, 9.17) is 4.74 Å². The van der Waals surface area contributed by atoms with E-state index in [0.717, 1.165) is 11.1 Å². The van der Waals surface area contributed by atoms with Gasteiger partial charge < -0.3 is 35.1 Å². The van der Waals surface area contributed by atoms with Crippen LogP contribution >= 0.6 is 0 Å². The molecule has 3 aromatic carbocycles. The maximum atomic E-state index is 13.2. The fourth-order valence-corrected chi connectivity index (χ4v) is 3.59. The molecule has 1 fully saturated rings. The molecule has 1 amide bonds. The molecule has 3 aromatic rings. The van der Waals surface area contributed by atoms with Gasteiger partial charge >= 0.3 is 5.97 Å². The van der Waals surface area contributed by atoms with Crippen LogP contribution in [-0.2, 0) is 31.4 Å². The summed E-state index contributed by atoms with van der Waals surface area (Å²) in [6, 6.07) is 27.4. The van der Waals surface area contributed by atoms with Crippen LogP contribution in [0.4, 0.5) is 0 Å². The standard InChI is InChI=1S/C23H26NO3.C5H5.Fe/c1-22(2,3)20(25)24-19(18-14-8-9-15-18)27-21(26)23(24,4)16-10-13-17-11-6-5-7-12-17;1-2-4-5-3-1;/h5-15,19H,16H2,1-4H3;1-5H;/q-1;-5;/t19-,23+;;/m0../s1. The molecule has 0 spiro atoms. The van der Waals surface area contributed by atoms with Crippen LogP contribution in [-0.4, -0.2) is 22.3 Å². The van der Waals surface area contributed by atoms with Gasteiger partial charge in [0.05, 0.1) is 0 Å². The molecule has 0 bridgehead atoms. The Morgan fingerprint density at radius 2 is 1.61 bits per heavy atom.